The fourth-order valence-electron chi connectivity index (χ4n) is 2.89. The highest BCUT2D eigenvalue weighted by Gasteiger charge is 2.12. The number of ether oxygens (including phenoxy) is 1. The van der Waals surface area contributed by atoms with E-state index < -0.39 is 11.9 Å². The highest BCUT2D eigenvalue weighted by atomic mass is 32.1. The van der Waals surface area contributed by atoms with Gasteiger partial charge in [0.15, 0.2) is 6.61 Å². The number of nitrogens with zero attached hydrogens (tertiary/aromatic N) is 2. The number of benzene rings is 3. The number of nitrogens with one attached hydrogen (secondary N) is 1. The fourth-order valence-corrected chi connectivity index (χ4v) is 3.44. The molecule has 0 saturated carbocycles. The molecule has 0 aliphatic heterocycles. The minimum atomic E-state index is -0.449. The summed E-state index contributed by atoms with van der Waals surface area (Å²) in [4.78, 5) is 24.3. The largest absolute Gasteiger partial charge is 0.455 e. The second-order valence-electron chi connectivity index (χ2n) is 5.96. The van der Waals surface area contributed by atoms with Crippen LogP contribution in [0.3, 0.4) is 0 Å². The van der Waals surface area contributed by atoms with Crippen molar-refractivity contribution in [1.29, 1.82) is 0 Å². The summed E-state index contributed by atoms with van der Waals surface area (Å²) in [6.07, 6.45) is 0.111. The highest BCUT2D eigenvalue weighted by Crippen LogP contribution is 2.21. The molecule has 0 saturated heterocycles. The lowest BCUT2D eigenvalue weighted by atomic mass is 10.0. The Bertz CT molecular complexity index is 1130. The van der Waals surface area contributed by atoms with E-state index in [1.807, 2.05) is 48.5 Å². The van der Waals surface area contributed by atoms with Gasteiger partial charge in [-0.25, -0.2) is 0 Å². The van der Waals surface area contributed by atoms with Crippen LogP contribution in [0.4, 0.5) is 5.69 Å². The van der Waals surface area contributed by atoms with Crippen molar-refractivity contribution in [2.75, 3.05) is 11.9 Å². The van der Waals surface area contributed by atoms with E-state index in [-0.39, 0.29) is 13.0 Å². The first kappa shape index (κ1) is 17.1. The van der Waals surface area contributed by atoms with E-state index >= 15 is 0 Å². The number of fused-ring (bicyclic) bond motifs is 2. The number of esters is 1. The van der Waals surface area contributed by atoms with Crippen LogP contribution in [0.5, 0.6) is 0 Å². The first-order valence-corrected chi connectivity index (χ1v) is 9.07. The molecule has 0 aliphatic carbocycles. The number of carbonyl (C=O) groups is 2. The fraction of sp³-hybridized carbons (Fsp3) is 0.100. The molecule has 1 amide bonds. The van der Waals surface area contributed by atoms with Crippen LogP contribution in [0, 0.1) is 0 Å². The molecule has 27 heavy (non-hydrogen) atoms. The number of rotatable bonds is 5. The van der Waals surface area contributed by atoms with Gasteiger partial charge in [0.1, 0.15) is 11.0 Å². The molecule has 6 nitrogen and oxygen atoms in total. The summed E-state index contributed by atoms with van der Waals surface area (Å²) >= 11 is 1.08. The molecule has 134 valence electrons. The van der Waals surface area contributed by atoms with Crippen molar-refractivity contribution in [3.05, 3.63) is 66.2 Å². The van der Waals surface area contributed by atoms with E-state index in [1.165, 1.54) is 0 Å². The van der Waals surface area contributed by atoms with Gasteiger partial charge in [-0.3, -0.25) is 9.59 Å². The maximum absolute atomic E-state index is 12.2. The quantitative estimate of drug-likeness (QED) is 0.538. The van der Waals surface area contributed by atoms with E-state index in [0.29, 0.717) is 16.7 Å². The van der Waals surface area contributed by atoms with Gasteiger partial charge in [0.2, 0.25) is 0 Å². The average molecular weight is 377 g/mol. The molecule has 0 unspecified atom stereocenters. The smallest absolute Gasteiger partial charge is 0.310 e. The van der Waals surface area contributed by atoms with Gasteiger partial charge >= 0.3 is 5.97 Å². The van der Waals surface area contributed by atoms with Crippen molar-refractivity contribution in [1.82, 2.24) is 8.75 Å². The Hall–Kier alpha value is -3.32. The zero-order valence-corrected chi connectivity index (χ0v) is 15.0. The van der Waals surface area contributed by atoms with Crippen molar-refractivity contribution in [2.45, 2.75) is 6.42 Å². The third kappa shape index (κ3) is 3.78. The first-order valence-electron chi connectivity index (χ1n) is 8.34. The Labute approximate surface area is 159 Å². The molecule has 0 fully saturated rings. The van der Waals surface area contributed by atoms with Gasteiger partial charge in [0.05, 0.1) is 23.8 Å². The van der Waals surface area contributed by atoms with Crippen LogP contribution in [0.15, 0.2) is 60.7 Å². The number of hydrogen-bond donors (Lipinski definition) is 1. The van der Waals surface area contributed by atoms with Crippen LogP contribution in [-0.4, -0.2) is 27.2 Å². The Morgan fingerprint density at radius 3 is 2.70 bits per heavy atom. The zero-order valence-electron chi connectivity index (χ0n) is 14.2. The van der Waals surface area contributed by atoms with Crippen molar-refractivity contribution in [2.24, 2.45) is 0 Å². The molecular weight excluding hydrogens is 362 g/mol. The minimum Gasteiger partial charge on any atom is -0.455 e. The van der Waals surface area contributed by atoms with E-state index in [9.17, 15) is 9.59 Å². The maximum atomic E-state index is 12.2. The van der Waals surface area contributed by atoms with Gasteiger partial charge < -0.3 is 10.1 Å². The number of carbonyl (C=O) groups excluding carboxylic acids is 2. The topological polar surface area (TPSA) is 81.2 Å². The van der Waals surface area contributed by atoms with Crippen molar-refractivity contribution < 1.29 is 14.3 Å². The predicted octanol–water partition coefficient (Wildman–Crippen LogP) is 3.57. The third-order valence-electron chi connectivity index (χ3n) is 4.14. The molecule has 0 aliphatic rings. The molecule has 1 heterocycles. The standard InChI is InChI=1S/C20H15N3O3S/c24-18(21-16-9-4-10-17-20(16)23-27-22-17)12-26-19(25)11-14-7-3-6-13-5-1-2-8-15(13)14/h1-10H,11-12H2,(H,21,24). The van der Waals surface area contributed by atoms with Crippen molar-refractivity contribution >= 4 is 51.1 Å². The van der Waals surface area contributed by atoms with Gasteiger partial charge in [-0.2, -0.15) is 8.75 Å². The number of anilines is 1. The van der Waals surface area contributed by atoms with Crippen LogP contribution in [0.2, 0.25) is 0 Å². The van der Waals surface area contributed by atoms with E-state index in [1.54, 1.807) is 12.1 Å². The van der Waals surface area contributed by atoms with Crippen LogP contribution < -0.4 is 5.32 Å². The molecule has 0 atom stereocenters. The summed E-state index contributed by atoms with van der Waals surface area (Å²) in [5.74, 6) is -0.864. The van der Waals surface area contributed by atoms with Gasteiger partial charge in [-0.05, 0) is 28.5 Å². The van der Waals surface area contributed by atoms with Gasteiger partial charge in [-0.1, -0.05) is 48.5 Å². The molecule has 3 aromatic carbocycles. The highest BCUT2D eigenvalue weighted by molar-refractivity contribution is 7.00. The normalized spacial score (nSPS) is 10.8. The molecule has 0 spiro atoms. The molecule has 0 bridgehead atoms. The summed E-state index contributed by atoms with van der Waals surface area (Å²) in [6.45, 7) is -0.350. The van der Waals surface area contributed by atoms with Crippen molar-refractivity contribution in [3.8, 4) is 0 Å². The first-order chi connectivity index (χ1) is 13.2. The average Bonchev–Trinajstić information content (AvgIpc) is 3.17. The summed E-state index contributed by atoms with van der Waals surface area (Å²) in [6, 6.07) is 19.0. The lowest BCUT2D eigenvalue weighted by Crippen LogP contribution is -2.21. The molecule has 7 heteroatoms. The van der Waals surface area contributed by atoms with E-state index in [0.717, 1.165) is 28.1 Å². The Kier molecular flexibility index (Phi) is 4.76. The molecular formula is C20H15N3O3S. The van der Waals surface area contributed by atoms with E-state index in [4.69, 9.17) is 4.74 Å². The van der Waals surface area contributed by atoms with Crippen LogP contribution in [0.1, 0.15) is 5.56 Å². The predicted molar refractivity (Wildman–Crippen MR) is 105 cm³/mol. The number of hydrogen-bond acceptors (Lipinski definition) is 6. The van der Waals surface area contributed by atoms with Gasteiger partial charge in [0.25, 0.3) is 5.91 Å². The lowest BCUT2D eigenvalue weighted by molar-refractivity contribution is -0.146. The van der Waals surface area contributed by atoms with E-state index in [2.05, 4.69) is 14.1 Å². The van der Waals surface area contributed by atoms with Crippen molar-refractivity contribution in [3.63, 3.8) is 0 Å². The maximum Gasteiger partial charge on any atom is 0.310 e. The minimum absolute atomic E-state index is 0.111. The number of amides is 1. The monoisotopic (exact) mass is 377 g/mol. The second-order valence-corrected chi connectivity index (χ2v) is 6.49. The van der Waals surface area contributed by atoms with Gasteiger partial charge in [0, 0.05) is 0 Å². The molecule has 4 aromatic rings. The summed E-state index contributed by atoms with van der Waals surface area (Å²) in [7, 11) is 0. The summed E-state index contributed by atoms with van der Waals surface area (Å²) in [5, 5.41) is 4.77. The second kappa shape index (κ2) is 7.51. The van der Waals surface area contributed by atoms with Crippen LogP contribution in [0.25, 0.3) is 21.8 Å². The lowest BCUT2D eigenvalue weighted by Gasteiger charge is -2.08. The molecule has 4 rings (SSSR count). The zero-order chi connectivity index (χ0) is 18.6. The third-order valence-corrected chi connectivity index (χ3v) is 4.68. The molecule has 1 N–H and O–H groups in total. The molecule has 1 aromatic heterocycles. The number of aromatic nitrogens is 2. The SMILES string of the molecule is O=C(COC(=O)Cc1cccc2ccccc12)Nc1cccc2nsnc12. The Morgan fingerprint density at radius 1 is 0.963 bits per heavy atom. The van der Waals surface area contributed by atoms with Gasteiger partial charge in [-0.15, -0.1) is 0 Å². The Morgan fingerprint density at radius 2 is 1.78 bits per heavy atom. The summed E-state index contributed by atoms with van der Waals surface area (Å²) < 4.78 is 13.4. The van der Waals surface area contributed by atoms with Crippen LogP contribution >= 0.6 is 11.7 Å². The van der Waals surface area contributed by atoms with Crippen LogP contribution in [-0.2, 0) is 20.7 Å². The Balaban J connectivity index is 1.37. The molecule has 0 radical (unpaired) electrons. The summed E-state index contributed by atoms with van der Waals surface area (Å²) in [5.41, 5.74) is 2.76.